The lowest BCUT2D eigenvalue weighted by atomic mass is 9.46. The molecule has 0 aromatic carbocycles. The summed E-state index contributed by atoms with van der Waals surface area (Å²) in [5.41, 5.74) is -1.39. The Hall–Kier alpha value is -2.39. The van der Waals surface area contributed by atoms with Crippen LogP contribution in [0.2, 0.25) is 0 Å². The molecule has 3 aliphatic heterocycles. The first-order valence-electron chi connectivity index (χ1n) is 13.4. The normalized spacial score (nSPS) is 45.1. The van der Waals surface area contributed by atoms with Gasteiger partial charge in [0.15, 0.2) is 6.29 Å². The molecule has 12 atom stereocenters. The van der Waals surface area contributed by atoms with E-state index in [1.165, 1.54) is 7.11 Å². The van der Waals surface area contributed by atoms with E-state index in [1.807, 2.05) is 19.9 Å². The molecule has 1 saturated carbocycles. The number of methoxy groups -OCH3 is 1. The predicted octanol–water partition coefficient (Wildman–Crippen LogP) is -1.17. The van der Waals surface area contributed by atoms with Crippen LogP contribution in [0.5, 0.6) is 0 Å². The number of ether oxygens (including phenoxy) is 5. The van der Waals surface area contributed by atoms with Crippen LogP contribution in [-0.2, 0) is 38.1 Å². The standard InChI is InChI=1S/C27H36O13/c1-26(13-8-17(39-24(13)35)27(2)12(23(34)36-3)5-4-6-16(26)27)9-14(11-7-18(29)40-22(11)33)37-25-21(32)20(31)19(30)15(10-28)38-25/h5,7,13-17,19-22,25,28,30-33H,4,6,8-10H2,1-3H3/t13-,14+,15+,16-,17-,19+,20-,21+,22+,25+,26+,27-/m0/s1. The van der Waals surface area contributed by atoms with Gasteiger partial charge in [-0.05, 0) is 37.0 Å². The van der Waals surface area contributed by atoms with Gasteiger partial charge in [0, 0.05) is 22.6 Å². The number of aliphatic hydroxyl groups excluding tert-OH is 5. The van der Waals surface area contributed by atoms with Crippen molar-refractivity contribution in [3.8, 4) is 0 Å². The number of hydrogen-bond acceptors (Lipinski definition) is 13. The topological polar surface area (TPSA) is 199 Å². The van der Waals surface area contributed by atoms with Crippen molar-refractivity contribution in [3.63, 3.8) is 0 Å². The van der Waals surface area contributed by atoms with Gasteiger partial charge in [0.2, 0.25) is 6.29 Å². The molecule has 5 aliphatic rings. The van der Waals surface area contributed by atoms with E-state index < -0.39 is 90.5 Å². The van der Waals surface area contributed by atoms with Crippen LogP contribution in [0.1, 0.15) is 39.5 Å². The first kappa shape index (κ1) is 29.1. The number of carbonyl (C=O) groups excluding carboxylic acids is 3. The zero-order valence-electron chi connectivity index (χ0n) is 22.5. The van der Waals surface area contributed by atoms with E-state index in [2.05, 4.69) is 0 Å². The summed E-state index contributed by atoms with van der Waals surface area (Å²) in [7, 11) is 1.29. The van der Waals surface area contributed by atoms with Crippen LogP contribution >= 0.6 is 0 Å². The molecule has 2 saturated heterocycles. The molecule has 2 bridgehead atoms. The van der Waals surface area contributed by atoms with Gasteiger partial charge in [-0.15, -0.1) is 0 Å². The van der Waals surface area contributed by atoms with Crippen LogP contribution in [0.15, 0.2) is 23.3 Å². The predicted molar refractivity (Wildman–Crippen MR) is 130 cm³/mol. The van der Waals surface area contributed by atoms with Crippen molar-refractivity contribution >= 4 is 17.9 Å². The SMILES string of the molecule is COC(=O)C1=CCC[C@H]2[C@](C)(C[C@@H](O[C@@H]3O[C@H](CO)[C@@H](O)[C@H](O)[C@H]3O)C3=CC(=O)O[C@H]3O)[C@H]3C[C@H](OC3=O)[C@@]12C. The van der Waals surface area contributed by atoms with Gasteiger partial charge in [-0.25, -0.2) is 9.59 Å². The first-order valence-corrected chi connectivity index (χ1v) is 13.4. The maximum absolute atomic E-state index is 13.2. The molecule has 5 rings (SSSR count). The molecule has 0 aromatic heterocycles. The first-order chi connectivity index (χ1) is 18.9. The number of fused-ring (bicyclic) bond motifs is 4. The highest BCUT2D eigenvalue weighted by Gasteiger charge is 2.68. The van der Waals surface area contributed by atoms with Crippen molar-refractivity contribution in [2.45, 2.75) is 88.7 Å². The average molecular weight is 569 g/mol. The number of esters is 3. The molecule has 0 unspecified atom stereocenters. The van der Waals surface area contributed by atoms with E-state index in [1.54, 1.807) is 0 Å². The second kappa shape index (κ2) is 10.5. The molecule has 0 amide bonds. The average Bonchev–Trinajstić information content (AvgIpc) is 3.47. The second-order valence-corrected chi connectivity index (χ2v) is 11.7. The van der Waals surface area contributed by atoms with E-state index in [0.29, 0.717) is 24.8 Å². The third kappa shape index (κ3) is 4.39. The second-order valence-electron chi connectivity index (χ2n) is 11.7. The van der Waals surface area contributed by atoms with Gasteiger partial charge in [-0.2, -0.15) is 0 Å². The number of allylic oxidation sites excluding steroid dienone is 1. The zero-order chi connectivity index (χ0) is 29.1. The Morgan fingerprint density at radius 2 is 1.85 bits per heavy atom. The van der Waals surface area contributed by atoms with Crippen molar-refractivity contribution in [2.24, 2.45) is 22.7 Å². The maximum Gasteiger partial charge on any atom is 0.334 e. The highest BCUT2D eigenvalue weighted by atomic mass is 16.7. The number of rotatable bonds is 7. The number of cyclic esters (lactones) is 1. The Morgan fingerprint density at radius 3 is 2.48 bits per heavy atom. The van der Waals surface area contributed by atoms with Crippen LogP contribution in [-0.4, -0.2) is 106 Å². The van der Waals surface area contributed by atoms with Gasteiger partial charge in [0.1, 0.15) is 30.5 Å². The van der Waals surface area contributed by atoms with Gasteiger partial charge < -0.3 is 49.2 Å². The molecule has 3 fully saturated rings. The van der Waals surface area contributed by atoms with Crippen LogP contribution in [0.25, 0.3) is 0 Å². The lowest BCUT2D eigenvalue weighted by Crippen LogP contribution is -2.60. The molecule has 2 aliphatic carbocycles. The van der Waals surface area contributed by atoms with Crippen LogP contribution < -0.4 is 0 Å². The summed E-state index contributed by atoms with van der Waals surface area (Å²) in [6, 6.07) is 0. The molecule has 5 N–H and O–H groups in total. The van der Waals surface area contributed by atoms with Gasteiger partial charge in [0.05, 0.1) is 25.7 Å². The highest BCUT2D eigenvalue weighted by molar-refractivity contribution is 5.91. The summed E-state index contributed by atoms with van der Waals surface area (Å²) in [4.78, 5) is 38.2. The van der Waals surface area contributed by atoms with E-state index in [4.69, 9.17) is 23.7 Å². The minimum atomic E-state index is -1.75. The Bertz CT molecular complexity index is 1120. The van der Waals surface area contributed by atoms with Crippen molar-refractivity contribution in [2.75, 3.05) is 13.7 Å². The summed E-state index contributed by atoms with van der Waals surface area (Å²) < 4.78 is 27.4. The fourth-order valence-corrected chi connectivity index (χ4v) is 7.60. The number of hydrogen-bond donors (Lipinski definition) is 5. The summed E-state index contributed by atoms with van der Waals surface area (Å²) in [6.07, 6.45) is -7.01. The Labute approximate surface area is 230 Å². The van der Waals surface area contributed by atoms with Crippen LogP contribution in [0.3, 0.4) is 0 Å². The third-order valence-corrected chi connectivity index (χ3v) is 9.71. The molecule has 0 spiro atoms. The number of carbonyl (C=O) groups is 3. The monoisotopic (exact) mass is 568 g/mol. The lowest BCUT2D eigenvalue weighted by Gasteiger charge is -2.56. The van der Waals surface area contributed by atoms with E-state index in [-0.39, 0.29) is 17.9 Å². The largest absolute Gasteiger partial charge is 0.466 e. The van der Waals surface area contributed by atoms with Gasteiger partial charge in [-0.3, -0.25) is 4.79 Å². The van der Waals surface area contributed by atoms with E-state index in [0.717, 1.165) is 6.08 Å². The zero-order valence-corrected chi connectivity index (χ0v) is 22.5. The minimum Gasteiger partial charge on any atom is -0.466 e. The van der Waals surface area contributed by atoms with Crippen molar-refractivity contribution in [1.82, 2.24) is 0 Å². The van der Waals surface area contributed by atoms with Gasteiger partial charge in [-0.1, -0.05) is 19.9 Å². The van der Waals surface area contributed by atoms with Crippen molar-refractivity contribution in [1.29, 1.82) is 0 Å². The Kier molecular flexibility index (Phi) is 7.62. The molecular weight excluding hydrogens is 532 g/mol. The summed E-state index contributed by atoms with van der Waals surface area (Å²) in [5.74, 6) is -2.68. The van der Waals surface area contributed by atoms with Crippen molar-refractivity contribution < 1.29 is 63.6 Å². The van der Waals surface area contributed by atoms with Crippen molar-refractivity contribution in [3.05, 3.63) is 23.3 Å². The Balaban J connectivity index is 1.54. The molecule has 3 heterocycles. The summed E-state index contributed by atoms with van der Waals surface area (Å²) in [6.45, 7) is 3.07. The fourth-order valence-electron chi connectivity index (χ4n) is 7.60. The van der Waals surface area contributed by atoms with Crippen LogP contribution in [0.4, 0.5) is 0 Å². The molecule has 0 aromatic rings. The minimum absolute atomic E-state index is 0.00273. The summed E-state index contributed by atoms with van der Waals surface area (Å²) in [5, 5.41) is 51.3. The molecule has 0 radical (unpaired) electrons. The van der Waals surface area contributed by atoms with Gasteiger partial charge >= 0.3 is 17.9 Å². The highest BCUT2D eigenvalue weighted by Crippen LogP contribution is 2.66. The van der Waals surface area contributed by atoms with E-state index in [9.17, 15) is 39.9 Å². The molecule has 40 heavy (non-hydrogen) atoms. The fraction of sp³-hybridized carbons (Fsp3) is 0.741. The van der Waals surface area contributed by atoms with Gasteiger partial charge in [0.25, 0.3) is 0 Å². The third-order valence-electron chi connectivity index (χ3n) is 9.71. The lowest BCUT2D eigenvalue weighted by molar-refractivity contribution is -0.312. The molecular formula is C27H36O13. The quantitative estimate of drug-likeness (QED) is 0.182. The molecule has 13 nitrogen and oxygen atoms in total. The molecule has 222 valence electrons. The van der Waals surface area contributed by atoms with E-state index >= 15 is 0 Å². The maximum atomic E-state index is 13.2. The molecule has 13 heteroatoms. The van der Waals surface area contributed by atoms with Crippen LogP contribution in [0, 0.1) is 22.7 Å². The number of aliphatic hydroxyl groups is 5. The smallest absolute Gasteiger partial charge is 0.334 e. The Morgan fingerprint density at radius 1 is 1.12 bits per heavy atom. The summed E-state index contributed by atoms with van der Waals surface area (Å²) >= 11 is 0.